The second-order valence-electron chi connectivity index (χ2n) is 8.84. The zero-order valence-corrected chi connectivity index (χ0v) is 20.7. The Morgan fingerprint density at radius 2 is 1.68 bits per heavy atom. The van der Waals surface area contributed by atoms with Gasteiger partial charge >= 0.3 is 0 Å². The molecule has 0 aliphatic carbocycles. The third kappa shape index (κ3) is 4.62. The first-order valence-corrected chi connectivity index (χ1v) is 11.6. The van der Waals surface area contributed by atoms with Crippen molar-refractivity contribution < 1.29 is 13.9 Å². The van der Waals surface area contributed by atoms with Gasteiger partial charge in [-0.2, -0.15) is 0 Å². The molecule has 0 saturated heterocycles. The van der Waals surface area contributed by atoms with Crippen LogP contribution in [0.1, 0.15) is 41.7 Å². The molecule has 0 bridgehead atoms. The summed E-state index contributed by atoms with van der Waals surface area (Å²) >= 11 is 0. The van der Waals surface area contributed by atoms with Gasteiger partial charge in [0.25, 0.3) is 0 Å². The number of furan rings is 1. The summed E-state index contributed by atoms with van der Waals surface area (Å²) in [5.74, 6) is 0.566. The van der Waals surface area contributed by atoms with Crippen LogP contribution in [0.2, 0.25) is 0 Å². The second kappa shape index (κ2) is 9.60. The summed E-state index contributed by atoms with van der Waals surface area (Å²) in [5.41, 5.74) is 9.95. The Bertz CT molecular complexity index is 1390. The third-order valence-corrected chi connectivity index (χ3v) is 6.10. The van der Waals surface area contributed by atoms with Gasteiger partial charge in [-0.1, -0.05) is 41.5 Å². The molecular formula is C30H31NO3. The minimum Gasteiger partial charge on any atom is -0.493 e. The Morgan fingerprint density at radius 1 is 0.971 bits per heavy atom. The Morgan fingerprint density at radius 3 is 2.35 bits per heavy atom. The van der Waals surface area contributed by atoms with Crippen LogP contribution in [0, 0.1) is 27.7 Å². The average Bonchev–Trinajstić information content (AvgIpc) is 3.21. The molecule has 4 aromatic rings. The van der Waals surface area contributed by atoms with Crippen molar-refractivity contribution in [3.05, 3.63) is 88.7 Å². The van der Waals surface area contributed by atoms with E-state index in [0.717, 1.165) is 55.8 Å². The van der Waals surface area contributed by atoms with Crippen molar-refractivity contribution in [3.63, 3.8) is 0 Å². The first-order valence-electron chi connectivity index (χ1n) is 11.6. The van der Waals surface area contributed by atoms with Gasteiger partial charge in [-0.3, -0.25) is 4.79 Å². The zero-order valence-electron chi connectivity index (χ0n) is 20.7. The van der Waals surface area contributed by atoms with E-state index in [-0.39, 0.29) is 5.91 Å². The Hall–Kier alpha value is -3.79. The van der Waals surface area contributed by atoms with Crippen LogP contribution in [0.5, 0.6) is 5.75 Å². The number of anilines is 1. The molecule has 1 aromatic heterocycles. The van der Waals surface area contributed by atoms with Crippen LogP contribution in [0.15, 0.2) is 65.3 Å². The third-order valence-electron chi connectivity index (χ3n) is 6.10. The Labute approximate surface area is 201 Å². The van der Waals surface area contributed by atoms with Gasteiger partial charge in [-0.15, -0.1) is 0 Å². The fraction of sp³-hybridized carbons (Fsp3) is 0.233. The average molecular weight is 454 g/mol. The molecule has 4 rings (SSSR count). The number of fused-ring (bicyclic) bond motifs is 1. The molecule has 3 aromatic carbocycles. The molecule has 34 heavy (non-hydrogen) atoms. The van der Waals surface area contributed by atoms with Crippen LogP contribution >= 0.6 is 0 Å². The molecule has 174 valence electrons. The first-order chi connectivity index (χ1) is 16.3. The predicted octanol–water partition coefficient (Wildman–Crippen LogP) is 7.77. The molecule has 4 heteroatoms. The maximum atomic E-state index is 12.8. The number of allylic oxidation sites excluding steroid dienone is 1. The van der Waals surface area contributed by atoms with Gasteiger partial charge in [-0.05, 0) is 76.4 Å². The fourth-order valence-corrected chi connectivity index (χ4v) is 4.35. The normalized spacial score (nSPS) is 11.6. The van der Waals surface area contributed by atoms with Gasteiger partial charge in [0.15, 0.2) is 0 Å². The van der Waals surface area contributed by atoms with Crippen LogP contribution in [0.25, 0.3) is 27.7 Å². The van der Waals surface area contributed by atoms with E-state index in [0.29, 0.717) is 6.61 Å². The number of nitrogens with one attached hydrogen (secondary N) is 1. The highest BCUT2D eigenvalue weighted by atomic mass is 16.5. The summed E-state index contributed by atoms with van der Waals surface area (Å²) in [5, 5.41) is 3.95. The van der Waals surface area contributed by atoms with Gasteiger partial charge in [0, 0.05) is 33.8 Å². The fourth-order valence-electron chi connectivity index (χ4n) is 4.35. The molecule has 0 aliphatic rings. The predicted molar refractivity (Wildman–Crippen MR) is 140 cm³/mol. The number of amides is 1. The molecule has 0 aliphatic heterocycles. The van der Waals surface area contributed by atoms with Gasteiger partial charge in [-0.25, -0.2) is 0 Å². The number of carbonyl (C=O) groups is 1. The van der Waals surface area contributed by atoms with E-state index >= 15 is 0 Å². The topological polar surface area (TPSA) is 51.5 Å². The lowest BCUT2D eigenvalue weighted by Crippen LogP contribution is -2.09. The summed E-state index contributed by atoms with van der Waals surface area (Å²) in [6.07, 6.45) is 3.44. The van der Waals surface area contributed by atoms with E-state index < -0.39 is 0 Å². The summed E-state index contributed by atoms with van der Waals surface area (Å²) in [6, 6.07) is 16.3. The van der Waals surface area contributed by atoms with Crippen LogP contribution in [-0.2, 0) is 4.79 Å². The molecular weight excluding hydrogens is 422 g/mol. The van der Waals surface area contributed by atoms with Crippen molar-refractivity contribution in [2.24, 2.45) is 0 Å². The van der Waals surface area contributed by atoms with Crippen LogP contribution in [0.3, 0.4) is 0 Å². The van der Waals surface area contributed by atoms with Crippen molar-refractivity contribution >= 4 is 28.1 Å². The Kier molecular flexibility index (Phi) is 6.60. The lowest BCUT2D eigenvalue weighted by atomic mass is 9.94. The molecule has 1 amide bonds. The number of hydrogen-bond donors (Lipinski definition) is 1. The van der Waals surface area contributed by atoms with E-state index in [1.165, 1.54) is 11.1 Å². The summed E-state index contributed by atoms with van der Waals surface area (Å²) in [4.78, 5) is 12.8. The molecule has 4 nitrogen and oxygen atoms in total. The summed E-state index contributed by atoms with van der Waals surface area (Å²) < 4.78 is 12.1. The van der Waals surface area contributed by atoms with E-state index in [2.05, 4.69) is 43.4 Å². The Balaban J connectivity index is 1.79. The maximum Gasteiger partial charge on any atom is 0.248 e. The van der Waals surface area contributed by atoms with Crippen LogP contribution in [-0.4, -0.2) is 12.5 Å². The lowest BCUT2D eigenvalue weighted by Gasteiger charge is -2.15. The standard InChI is InChI=1S/C30H31NO3/c1-7-33-29-22(6)30-26(27(17-34-30)24-13-10-19(3)14-20(24)4)16-25(29)21(5)15-28(32)31-23-11-8-18(2)9-12-23/h8-17H,7H2,1-6H3,(H,31,32)/b21-15+. The number of hydrogen-bond acceptors (Lipinski definition) is 3. The molecule has 0 saturated carbocycles. The van der Waals surface area contributed by atoms with Gasteiger partial charge < -0.3 is 14.5 Å². The van der Waals surface area contributed by atoms with E-state index in [1.54, 1.807) is 6.08 Å². The smallest absolute Gasteiger partial charge is 0.248 e. The molecule has 0 unspecified atom stereocenters. The number of benzene rings is 3. The summed E-state index contributed by atoms with van der Waals surface area (Å²) in [7, 11) is 0. The number of rotatable bonds is 6. The highest BCUT2D eigenvalue weighted by molar-refractivity contribution is 6.06. The van der Waals surface area contributed by atoms with Crippen LogP contribution in [0.4, 0.5) is 5.69 Å². The largest absolute Gasteiger partial charge is 0.493 e. The van der Waals surface area contributed by atoms with Crippen molar-refractivity contribution in [2.45, 2.75) is 41.5 Å². The molecule has 0 spiro atoms. The van der Waals surface area contributed by atoms with Crippen molar-refractivity contribution in [2.75, 3.05) is 11.9 Å². The SMILES string of the molecule is CCOc1c(/C(C)=C/C(=O)Nc2ccc(C)cc2)cc2c(-c3ccc(C)cc3C)coc2c1C. The summed E-state index contributed by atoms with van der Waals surface area (Å²) in [6.45, 7) is 12.7. The lowest BCUT2D eigenvalue weighted by molar-refractivity contribution is -0.111. The minimum atomic E-state index is -0.177. The molecule has 0 radical (unpaired) electrons. The molecule has 0 atom stereocenters. The monoisotopic (exact) mass is 453 g/mol. The molecule has 1 N–H and O–H groups in total. The maximum absolute atomic E-state index is 12.8. The molecule has 0 fully saturated rings. The quantitative estimate of drug-likeness (QED) is 0.303. The number of ether oxygens (including phenoxy) is 1. The highest BCUT2D eigenvalue weighted by Crippen LogP contribution is 2.41. The zero-order chi connectivity index (χ0) is 24.4. The van der Waals surface area contributed by atoms with Crippen molar-refractivity contribution in [3.8, 4) is 16.9 Å². The second-order valence-corrected chi connectivity index (χ2v) is 8.84. The van der Waals surface area contributed by atoms with Gasteiger partial charge in [0.05, 0.1) is 12.9 Å². The van der Waals surface area contributed by atoms with Crippen LogP contribution < -0.4 is 10.1 Å². The van der Waals surface area contributed by atoms with Crippen molar-refractivity contribution in [1.82, 2.24) is 0 Å². The first kappa shape index (κ1) is 23.4. The van der Waals surface area contributed by atoms with Gasteiger partial charge in [0.1, 0.15) is 11.3 Å². The highest BCUT2D eigenvalue weighted by Gasteiger charge is 2.20. The van der Waals surface area contributed by atoms with E-state index in [9.17, 15) is 4.79 Å². The minimum absolute atomic E-state index is 0.177. The molecule has 1 heterocycles. The van der Waals surface area contributed by atoms with E-state index in [4.69, 9.17) is 9.15 Å². The number of carbonyl (C=O) groups excluding carboxylic acids is 1. The van der Waals surface area contributed by atoms with Gasteiger partial charge in [0.2, 0.25) is 5.91 Å². The van der Waals surface area contributed by atoms with E-state index in [1.807, 2.05) is 58.2 Å². The number of aryl methyl sites for hydroxylation is 4. The van der Waals surface area contributed by atoms with Crippen molar-refractivity contribution in [1.29, 1.82) is 0 Å².